The van der Waals surface area contributed by atoms with Gasteiger partial charge < -0.3 is 20.5 Å². The SMILES string of the molecule is COc1cccc2c1N(C(C)=O)CCC(O)(CN)C2. The second-order valence-electron chi connectivity index (χ2n) is 4.99. The molecule has 0 spiro atoms. The summed E-state index contributed by atoms with van der Waals surface area (Å²) in [6.45, 7) is 2.13. The molecule has 1 aliphatic heterocycles. The van der Waals surface area contributed by atoms with Crippen molar-refractivity contribution in [3.8, 4) is 5.75 Å². The van der Waals surface area contributed by atoms with E-state index in [1.165, 1.54) is 6.92 Å². The van der Waals surface area contributed by atoms with E-state index in [2.05, 4.69) is 0 Å². The van der Waals surface area contributed by atoms with E-state index in [4.69, 9.17) is 10.5 Å². The predicted molar refractivity (Wildman–Crippen MR) is 73.3 cm³/mol. The molecule has 0 radical (unpaired) electrons. The van der Waals surface area contributed by atoms with Crippen molar-refractivity contribution in [2.75, 3.05) is 25.1 Å². The predicted octanol–water partition coefficient (Wildman–Crippen LogP) is 0.684. The highest BCUT2D eigenvalue weighted by Crippen LogP contribution is 2.37. The van der Waals surface area contributed by atoms with Crippen molar-refractivity contribution in [2.24, 2.45) is 5.73 Å². The van der Waals surface area contributed by atoms with Crippen LogP contribution in [-0.2, 0) is 11.2 Å². The number of carbonyl (C=O) groups excluding carboxylic acids is 1. The Hall–Kier alpha value is -1.59. The molecule has 2 rings (SSSR count). The van der Waals surface area contributed by atoms with Crippen LogP contribution < -0.4 is 15.4 Å². The van der Waals surface area contributed by atoms with E-state index in [1.807, 2.05) is 18.2 Å². The summed E-state index contributed by atoms with van der Waals surface area (Å²) in [7, 11) is 1.58. The fraction of sp³-hybridized carbons (Fsp3) is 0.500. The van der Waals surface area contributed by atoms with E-state index in [0.717, 1.165) is 11.3 Å². The number of carbonyl (C=O) groups is 1. The van der Waals surface area contributed by atoms with Gasteiger partial charge in [-0.25, -0.2) is 0 Å². The lowest BCUT2D eigenvalue weighted by molar-refractivity contribution is -0.116. The highest BCUT2D eigenvalue weighted by molar-refractivity contribution is 5.94. The highest BCUT2D eigenvalue weighted by Gasteiger charge is 2.34. The molecule has 5 nitrogen and oxygen atoms in total. The van der Waals surface area contributed by atoms with Crippen molar-refractivity contribution in [1.82, 2.24) is 0 Å². The summed E-state index contributed by atoms with van der Waals surface area (Å²) in [5.74, 6) is 0.584. The summed E-state index contributed by atoms with van der Waals surface area (Å²) in [6, 6.07) is 5.58. The number of nitrogens with zero attached hydrogens (tertiary/aromatic N) is 1. The van der Waals surface area contributed by atoms with Crippen LogP contribution in [0.15, 0.2) is 18.2 Å². The molecule has 1 atom stereocenters. The minimum atomic E-state index is -0.967. The summed E-state index contributed by atoms with van der Waals surface area (Å²) in [5.41, 5.74) is 6.35. The first-order valence-corrected chi connectivity index (χ1v) is 6.37. The average molecular weight is 264 g/mol. The lowest BCUT2D eigenvalue weighted by atomic mass is 9.92. The number of anilines is 1. The third-order valence-electron chi connectivity index (χ3n) is 3.65. The molecule has 0 saturated carbocycles. The van der Waals surface area contributed by atoms with Crippen LogP contribution in [0.25, 0.3) is 0 Å². The monoisotopic (exact) mass is 264 g/mol. The zero-order valence-electron chi connectivity index (χ0n) is 11.3. The van der Waals surface area contributed by atoms with Crippen molar-refractivity contribution < 1.29 is 14.6 Å². The third kappa shape index (κ3) is 2.57. The molecule has 19 heavy (non-hydrogen) atoms. The summed E-state index contributed by atoms with van der Waals surface area (Å²) in [6.07, 6.45) is 0.890. The van der Waals surface area contributed by atoms with Crippen molar-refractivity contribution in [1.29, 1.82) is 0 Å². The number of hydrogen-bond donors (Lipinski definition) is 2. The van der Waals surface area contributed by atoms with Crippen LogP contribution in [-0.4, -0.2) is 36.8 Å². The summed E-state index contributed by atoms with van der Waals surface area (Å²) < 4.78 is 5.34. The van der Waals surface area contributed by atoms with Gasteiger partial charge in [0.2, 0.25) is 5.91 Å². The van der Waals surface area contributed by atoms with Crippen LogP contribution in [0, 0.1) is 0 Å². The maximum atomic E-state index is 11.8. The number of aliphatic hydroxyl groups is 1. The minimum Gasteiger partial charge on any atom is -0.495 e. The van der Waals surface area contributed by atoms with Gasteiger partial charge in [0.25, 0.3) is 0 Å². The smallest absolute Gasteiger partial charge is 0.223 e. The molecule has 1 aromatic rings. The fourth-order valence-electron chi connectivity index (χ4n) is 2.55. The number of hydrogen-bond acceptors (Lipinski definition) is 4. The standard InChI is InChI=1S/C14H20N2O3/c1-10(17)16-7-6-14(18,9-15)8-11-4-3-5-12(19-2)13(11)16/h3-5,18H,6-9,15H2,1-2H3. The Morgan fingerprint density at radius 3 is 2.89 bits per heavy atom. The van der Waals surface area contributed by atoms with Gasteiger partial charge in [-0.2, -0.15) is 0 Å². The van der Waals surface area contributed by atoms with E-state index in [-0.39, 0.29) is 12.5 Å². The molecule has 0 fully saturated rings. The average Bonchev–Trinajstić information content (AvgIpc) is 2.54. The molecule has 1 heterocycles. The molecule has 104 valence electrons. The molecule has 1 unspecified atom stereocenters. The maximum absolute atomic E-state index is 11.8. The van der Waals surface area contributed by atoms with Crippen LogP contribution in [0.2, 0.25) is 0 Å². The van der Waals surface area contributed by atoms with Gasteiger partial charge in [0.1, 0.15) is 5.75 Å². The molecular formula is C14H20N2O3. The Labute approximate surface area is 113 Å². The normalized spacial score (nSPS) is 22.6. The second-order valence-corrected chi connectivity index (χ2v) is 4.99. The zero-order valence-corrected chi connectivity index (χ0v) is 11.3. The number of rotatable bonds is 2. The maximum Gasteiger partial charge on any atom is 0.223 e. The van der Waals surface area contributed by atoms with Gasteiger partial charge in [-0.3, -0.25) is 4.79 Å². The Morgan fingerprint density at radius 2 is 2.32 bits per heavy atom. The number of ether oxygens (including phenoxy) is 1. The van der Waals surface area contributed by atoms with Gasteiger partial charge in [0.05, 0.1) is 18.4 Å². The number of amides is 1. The molecule has 1 amide bonds. The Bertz CT molecular complexity index is 490. The quantitative estimate of drug-likeness (QED) is 0.824. The van der Waals surface area contributed by atoms with Crippen LogP contribution in [0.4, 0.5) is 5.69 Å². The van der Waals surface area contributed by atoms with E-state index < -0.39 is 5.60 Å². The van der Waals surface area contributed by atoms with Crippen LogP contribution in [0.3, 0.4) is 0 Å². The van der Waals surface area contributed by atoms with Gasteiger partial charge in [0, 0.05) is 26.4 Å². The number of nitrogens with two attached hydrogens (primary N) is 1. The van der Waals surface area contributed by atoms with Crippen LogP contribution >= 0.6 is 0 Å². The van der Waals surface area contributed by atoms with E-state index in [9.17, 15) is 9.90 Å². The number of para-hydroxylation sites is 1. The first kappa shape index (κ1) is 13.8. The topological polar surface area (TPSA) is 75.8 Å². The number of benzene rings is 1. The highest BCUT2D eigenvalue weighted by atomic mass is 16.5. The summed E-state index contributed by atoms with van der Waals surface area (Å²) in [5, 5.41) is 10.5. The first-order valence-electron chi connectivity index (χ1n) is 6.37. The summed E-state index contributed by atoms with van der Waals surface area (Å²) >= 11 is 0. The molecule has 1 aliphatic rings. The molecule has 0 bridgehead atoms. The number of methoxy groups -OCH3 is 1. The van der Waals surface area contributed by atoms with Crippen LogP contribution in [0.1, 0.15) is 18.9 Å². The minimum absolute atomic E-state index is 0.0629. The second kappa shape index (κ2) is 5.19. The van der Waals surface area contributed by atoms with Crippen molar-refractivity contribution >= 4 is 11.6 Å². The molecule has 3 N–H and O–H groups in total. The number of fused-ring (bicyclic) bond motifs is 1. The molecule has 0 aliphatic carbocycles. The van der Waals surface area contributed by atoms with Crippen molar-refractivity contribution in [2.45, 2.75) is 25.4 Å². The van der Waals surface area contributed by atoms with Crippen molar-refractivity contribution in [3.05, 3.63) is 23.8 Å². The van der Waals surface area contributed by atoms with E-state index in [1.54, 1.807) is 12.0 Å². The van der Waals surface area contributed by atoms with Gasteiger partial charge in [-0.15, -0.1) is 0 Å². The van der Waals surface area contributed by atoms with E-state index in [0.29, 0.717) is 25.1 Å². The van der Waals surface area contributed by atoms with Gasteiger partial charge >= 0.3 is 0 Å². The molecular weight excluding hydrogens is 244 g/mol. The Balaban J connectivity index is 2.55. The van der Waals surface area contributed by atoms with Gasteiger partial charge in [-0.1, -0.05) is 12.1 Å². The molecule has 5 heteroatoms. The van der Waals surface area contributed by atoms with Gasteiger partial charge in [-0.05, 0) is 18.1 Å². The lowest BCUT2D eigenvalue weighted by Gasteiger charge is -2.25. The largest absolute Gasteiger partial charge is 0.495 e. The molecule has 0 saturated heterocycles. The Kier molecular flexibility index (Phi) is 3.78. The molecule has 1 aromatic carbocycles. The van der Waals surface area contributed by atoms with Crippen LogP contribution in [0.5, 0.6) is 5.75 Å². The fourth-order valence-corrected chi connectivity index (χ4v) is 2.55. The Morgan fingerprint density at radius 1 is 1.58 bits per heavy atom. The molecule has 0 aromatic heterocycles. The first-order chi connectivity index (χ1) is 9.00. The lowest BCUT2D eigenvalue weighted by Crippen LogP contribution is -2.41. The van der Waals surface area contributed by atoms with Gasteiger partial charge in [0.15, 0.2) is 0 Å². The zero-order chi connectivity index (χ0) is 14.0. The third-order valence-corrected chi connectivity index (χ3v) is 3.65. The summed E-state index contributed by atoms with van der Waals surface area (Å²) in [4.78, 5) is 13.5. The van der Waals surface area contributed by atoms with E-state index >= 15 is 0 Å². The van der Waals surface area contributed by atoms with Crippen molar-refractivity contribution in [3.63, 3.8) is 0 Å².